The Morgan fingerprint density at radius 1 is 1.08 bits per heavy atom. The number of piperazine rings is 1. The molecule has 1 aliphatic heterocycles. The second kappa shape index (κ2) is 8.94. The fourth-order valence-corrected chi connectivity index (χ4v) is 3.69. The third kappa shape index (κ3) is 4.50. The molecular formula is C17H23Cl2N5S. The first-order valence-electron chi connectivity index (χ1n) is 7.94. The summed E-state index contributed by atoms with van der Waals surface area (Å²) in [4.78, 5) is 16.9. The Morgan fingerprint density at radius 2 is 1.72 bits per heavy atom. The van der Waals surface area contributed by atoms with Gasteiger partial charge in [-0.15, -0.1) is 24.2 Å². The van der Waals surface area contributed by atoms with Crippen molar-refractivity contribution in [1.82, 2.24) is 14.9 Å². The van der Waals surface area contributed by atoms with E-state index in [0.717, 1.165) is 42.6 Å². The fraction of sp³-hybridized carbons (Fsp3) is 0.412. The minimum atomic E-state index is 0. The van der Waals surface area contributed by atoms with Crippen LogP contribution >= 0.6 is 35.8 Å². The molecule has 1 saturated heterocycles. The van der Waals surface area contributed by atoms with Gasteiger partial charge in [-0.2, -0.15) is 9.97 Å². The van der Waals surface area contributed by atoms with Crippen LogP contribution in [-0.2, 0) is 0 Å². The largest absolute Gasteiger partial charge is 0.353 e. The number of aromatic nitrogens is 2. The number of benzene rings is 1. The fourth-order valence-electron chi connectivity index (χ4n) is 2.73. The van der Waals surface area contributed by atoms with E-state index < -0.39 is 0 Å². The van der Waals surface area contributed by atoms with Crippen LogP contribution in [0.25, 0.3) is 0 Å². The molecule has 0 spiro atoms. The first-order chi connectivity index (χ1) is 11.6. The zero-order chi connectivity index (χ0) is 17.1. The highest BCUT2D eigenvalue weighted by molar-refractivity contribution is 7.98. The Bertz CT molecular complexity index is 693. The minimum Gasteiger partial charge on any atom is -0.353 e. The summed E-state index contributed by atoms with van der Waals surface area (Å²) < 4.78 is 0. The summed E-state index contributed by atoms with van der Waals surface area (Å²) in [6.07, 6.45) is 2.02. The van der Waals surface area contributed by atoms with Crippen molar-refractivity contribution < 1.29 is 0 Å². The van der Waals surface area contributed by atoms with Gasteiger partial charge in [-0.3, -0.25) is 0 Å². The zero-order valence-corrected chi connectivity index (χ0v) is 17.0. The van der Waals surface area contributed by atoms with Gasteiger partial charge in [0.05, 0.1) is 4.90 Å². The van der Waals surface area contributed by atoms with Gasteiger partial charge in [0.2, 0.25) is 5.95 Å². The Hall–Kier alpha value is -1.21. The number of para-hydroxylation sites is 1. The van der Waals surface area contributed by atoms with Crippen LogP contribution < -0.4 is 9.80 Å². The molecule has 1 fully saturated rings. The van der Waals surface area contributed by atoms with Crippen LogP contribution in [-0.4, -0.2) is 61.4 Å². The van der Waals surface area contributed by atoms with E-state index in [0.29, 0.717) is 11.1 Å². The average molecular weight is 400 g/mol. The molecule has 0 unspecified atom stereocenters. The van der Waals surface area contributed by atoms with Crippen LogP contribution in [0.3, 0.4) is 0 Å². The number of likely N-dealkylation sites (N-methyl/N-ethyl adjacent to an activating group) is 1. The van der Waals surface area contributed by atoms with Gasteiger partial charge in [-0.1, -0.05) is 29.8 Å². The second-order valence-corrected chi connectivity index (χ2v) is 7.03. The minimum absolute atomic E-state index is 0. The Balaban J connectivity index is 0.00000225. The van der Waals surface area contributed by atoms with Gasteiger partial charge in [0, 0.05) is 38.9 Å². The quantitative estimate of drug-likeness (QED) is 0.574. The summed E-state index contributed by atoms with van der Waals surface area (Å²) in [5.41, 5.74) is 1.04. The summed E-state index contributed by atoms with van der Waals surface area (Å²) in [6.45, 7) is 3.95. The molecular weight excluding hydrogens is 377 g/mol. The molecule has 0 amide bonds. The highest BCUT2D eigenvalue weighted by Crippen LogP contribution is 2.35. The number of rotatable bonds is 4. The van der Waals surface area contributed by atoms with Crippen molar-refractivity contribution in [3.8, 4) is 0 Å². The molecule has 2 aromatic rings. The topological polar surface area (TPSA) is 35.5 Å². The second-order valence-electron chi connectivity index (χ2n) is 5.86. The lowest BCUT2D eigenvalue weighted by Crippen LogP contribution is -2.45. The standard InChI is InChI=1S/C17H22ClN5S.ClH/c1-21-9-11-23(12-10-21)16-14(24-3)15(18)19-17(20-16)22(2)13-7-5-4-6-8-13;/h4-8H,9-12H2,1-3H3;1H. The third-order valence-corrected chi connectivity index (χ3v) is 5.41. The summed E-state index contributed by atoms with van der Waals surface area (Å²) in [5.74, 6) is 1.56. The van der Waals surface area contributed by atoms with E-state index in [-0.39, 0.29) is 12.4 Å². The normalized spacial score (nSPS) is 15.0. The van der Waals surface area contributed by atoms with Crippen LogP contribution in [0.1, 0.15) is 0 Å². The zero-order valence-electron chi connectivity index (χ0n) is 14.6. The third-order valence-electron chi connectivity index (χ3n) is 4.24. The highest BCUT2D eigenvalue weighted by Gasteiger charge is 2.22. The molecule has 0 atom stereocenters. The smallest absolute Gasteiger partial charge is 0.233 e. The molecule has 1 aromatic carbocycles. The van der Waals surface area contributed by atoms with Crippen LogP contribution in [0.15, 0.2) is 35.2 Å². The molecule has 0 bridgehead atoms. The molecule has 5 nitrogen and oxygen atoms in total. The van der Waals surface area contributed by atoms with Gasteiger partial charge in [0.1, 0.15) is 11.0 Å². The molecule has 3 rings (SSSR count). The van der Waals surface area contributed by atoms with Crippen LogP contribution in [0.5, 0.6) is 0 Å². The highest BCUT2D eigenvalue weighted by atomic mass is 35.5. The lowest BCUT2D eigenvalue weighted by Gasteiger charge is -2.34. The van der Waals surface area contributed by atoms with Crippen molar-refractivity contribution in [1.29, 1.82) is 0 Å². The molecule has 0 radical (unpaired) electrons. The first kappa shape index (κ1) is 20.1. The predicted octanol–water partition coefficient (Wildman–Crippen LogP) is 3.79. The van der Waals surface area contributed by atoms with Gasteiger partial charge in [-0.25, -0.2) is 0 Å². The number of hydrogen-bond acceptors (Lipinski definition) is 6. The Labute approximate surface area is 164 Å². The van der Waals surface area contributed by atoms with Crippen molar-refractivity contribution in [3.63, 3.8) is 0 Å². The Morgan fingerprint density at radius 3 is 2.32 bits per heavy atom. The maximum atomic E-state index is 6.48. The van der Waals surface area contributed by atoms with Gasteiger partial charge in [0.25, 0.3) is 0 Å². The number of halogens is 2. The van der Waals surface area contributed by atoms with Gasteiger partial charge in [0.15, 0.2) is 0 Å². The average Bonchev–Trinajstić information content (AvgIpc) is 2.62. The molecule has 8 heteroatoms. The lowest BCUT2D eigenvalue weighted by molar-refractivity contribution is 0.311. The van der Waals surface area contributed by atoms with E-state index in [1.165, 1.54) is 0 Å². The van der Waals surface area contributed by atoms with Crippen LogP contribution in [0.2, 0.25) is 5.15 Å². The maximum absolute atomic E-state index is 6.48. The molecule has 1 aromatic heterocycles. The SMILES string of the molecule is CSc1c(Cl)nc(N(C)c2ccccc2)nc1N1CCN(C)CC1.Cl. The number of nitrogens with zero attached hydrogens (tertiary/aromatic N) is 5. The van der Waals surface area contributed by atoms with E-state index in [1.807, 2.05) is 48.5 Å². The van der Waals surface area contributed by atoms with Crippen molar-refractivity contribution >= 4 is 53.2 Å². The van der Waals surface area contributed by atoms with E-state index in [2.05, 4.69) is 21.8 Å². The van der Waals surface area contributed by atoms with Crippen molar-refractivity contribution in [2.75, 3.05) is 56.3 Å². The van der Waals surface area contributed by atoms with E-state index in [1.54, 1.807) is 11.8 Å². The van der Waals surface area contributed by atoms with Crippen molar-refractivity contribution in [3.05, 3.63) is 35.5 Å². The molecule has 136 valence electrons. The summed E-state index contributed by atoms with van der Waals surface area (Å²) in [6, 6.07) is 10.1. The maximum Gasteiger partial charge on any atom is 0.233 e. The molecule has 0 aliphatic carbocycles. The van der Waals surface area contributed by atoms with Gasteiger partial charge >= 0.3 is 0 Å². The van der Waals surface area contributed by atoms with Crippen molar-refractivity contribution in [2.45, 2.75) is 4.90 Å². The number of hydrogen-bond donors (Lipinski definition) is 0. The van der Waals surface area contributed by atoms with Crippen LogP contribution in [0.4, 0.5) is 17.5 Å². The van der Waals surface area contributed by atoms with Crippen LogP contribution in [0, 0.1) is 0 Å². The first-order valence-corrected chi connectivity index (χ1v) is 9.54. The Kier molecular flexibility index (Phi) is 7.19. The molecule has 25 heavy (non-hydrogen) atoms. The van der Waals surface area contributed by atoms with E-state index in [4.69, 9.17) is 16.6 Å². The van der Waals surface area contributed by atoms with E-state index in [9.17, 15) is 0 Å². The van der Waals surface area contributed by atoms with Gasteiger partial charge < -0.3 is 14.7 Å². The molecule has 1 aliphatic rings. The summed E-state index contributed by atoms with van der Waals surface area (Å²) >= 11 is 8.08. The molecule has 0 saturated carbocycles. The predicted molar refractivity (Wildman–Crippen MR) is 110 cm³/mol. The number of anilines is 3. The number of thioether (sulfide) groups is 1. The monoisotopic (exact) mass is 399 g/mol. The lowest BCUT2D eigenvalue weighted by atomic mass is 10.3. The molecule has 0 N–H and O–H groups in total. The van der Waals surface area contributed by atoms with Gasteiger partial charge in [-0.05, 0) is 25.4 Å². The van der Waals surface area contributed by atoms with Crippen molar-refractivity contribution in [2.24, 2.45) is 0 Å². The summed E-state index contributed by atoms with van der Waals surface area (Å²) in [7, 11) is 4.11. The van der Waals surface area contributed by atoms with E-state index >= 15 is 0 Å². The molecule has 2 heterocycles. The summed E-state index contributed by atoms with van der Waals surface area (Å²) in [5, 5.41) is 0.518.